The Hall–Kier alpha value is -1.17. The average Bonchev–Trinajstić information content (AvgIpc) is 2.41. The smallest absolute Gasteiger partial charge is 0.170 e. The highest BCUT2D eigenvalue weighted by Gasteiger charge is 2.19. The fourth-order valence-corrected chi connectivity index (χ4v) is 2.10. The summed E-state index contributed by atoms with van der Waals surface area (Å²) in [6.07, 6.45) is 0.216. The number of hydrogen-bond donors (Lipinski definition) is 1. The van der Waals surface area contributed by atoms with Gasteiger partial charge in [-0.05, 0) is 13.0 Å². The Morgan fingerprint density at radius 1 is 1.42 bits per heavy atom. The highest BCUT2D eigenvalue weighted by atomic mass is 19.1. The average molecular weight is 269 g/mol. The van der Waals surface area contributed by atoms with Crippen molar-refractivity contribution in [2.24, 2.45) is 0 Å². The standard InChI is InChI=1S/C14H20FNO3/c1-10-6-16-7-12(19-10)9-18-8-11-4-3-5-13(17-2)14(11)15/h3-5,10,12,16H,6-9H2,1-2H3. The van der Waals surface area contributed by atoms with Crippen LogP contribution in [-0.4, -0.2) is 39.0 Å². The molecule has 106 valence electrons. The minimum atomic E-state index is -0.360. The third kappa shape index (κ3) is 3.89. The van der Waals surface area contributed by atoms with Crippen molar-refractivity contribution in [3.8, 4) is 5.75 Å². The number of methoxy groups -OCH3 is 1. The van der Waals surface area contributed by atoms with Crippen LogP contribution in [0.4, 0.5) is 4.39 Å². The van der Waals surface area contributed by atoms with Gasteiger partial charge in [0.25, 0.3) is 0 Å². The molecule has 1 fully saturated rings. The van der Waals surface area contributed by atoms with Crippen LogP contribution >= 0.6 is 0 Å². The van der Waals surface area contributed by atoms with Gasteiger partial charge in [0.1, 0.15) is 0 Å². The molecule has 0 saturated carbocycles. The summed E-state index contributed by atoms with van der Waals surface area (Å²) < 4.78 is 30.0. The molecule has 5 heteroatoms. The van der Waals surface area contributed by atoms with Gasteiger partial charge in [0, 0.05) is 18.7 Å². The molecule has 1 heterocycles. The Kier molecular flexibility index (Phi) is 5.13. The van der Waals surface area contributed by atoms with Gasteiger partial charge >= 0.3 is 0 Å². The molecule has 19 heavy (non-hydrogen) atoms. The topological polar surface area (TPSA) is 39.7 Å². The van der Waals surface area contributed by atoms with Gasteiger partial charge in [0.2, 0.25) is 0 Å². The molecule has 1 aliphatic heterocycles. The van der Waals surface area contributed by atoms with Crippen molar-refractivity contribution >= 4 is 0 Å². The molecule has 0 aromatic heterocycles. The second kappa shape index (κ2) is 6.84. The number of ether oxygens (including phenoxy) is 3. The molecule has 0 aliphatic carbocycles. The van der Waals surface area contributed by atoms with Crippen molar-refractivity contribution in [2.75, 3.05) is 26.8 Å². The molecule has 1 N–H and O–H groups in total. The van der Waals surface area contributed by atoms with Gasteiger partial charge in [0.15, 0.2) is 11.6 Å². The third-order valence-electron chi connectivity index (χ3n) is 3.05. The lowest BCUT2D eigenvalue weighted by atomic mass is 10.2. The maximum Gasteiger partial charge on any atom is 0.170 e. The number of benzene rings is 1. The van der Waals surface area contributed by atoms with E-state index in [1.54, 1.807) is 18.2 Å². The number of morpholine rings is 1. The summed E-state index contributed by atoms with van der Waals surface area (Å²) in [6, 6.07) is 5.04. The van der Waals surface area contributed by atoms with Gasteiger partial charge in [-0.3, -0.25) is 0 Å². The number of halogens is 1. The molecule has 1 aliphatic rings. The minimum absolute atomic E-state index is 0.0254. The monoisotopic (exact) mass is 269 g/mol. The molecule has 2 atom stereocenters. The van der Waals surface area contributed by atoms with E-state index in [2.05, 4.69) is 5.32 Å². The lowest BCUT2D eigenvalue weighted by Crippen LogP contribution is -2.45. The molecule has 1 saturated heterocycles. The Morgan fingerprint density at radius 3 is 3.00 bits per heavy atom. The van der Waals surface area contributed by atoms with Gasteiger partial charge in [-0.2, -0.15) is 0 Å². The van der Waals surface area contributed by atoms with Crippen molar-refractivity contribution in [3.05, 3.63) is 29.6 Å². The van der Waals surface area contributed by atoms with Crippen molar-refractivity contribution in [2.45, 2.75) is 25.7 Å². The largest absolute Gasteiger partial charge is 0.494 e. The van der Waals surface area contributed by atoms with E-state index in [0.29, 0.717) is 12.2 Å². The Labute approximate surface area is 112 Å². The molecular weight excluding hydrogens is 249 g/mol. The van der Waals surface area contributed by atoms with Crippen LogP contribution in [-0.2, 0) is 16.1 Å². The van der Waals surface area contributed by atoms with E-state index in [1.807, 2.05) is 6.92 Å². The minimum Gasteiger partial charge on any atom is -0.494 e. The van der Waals surface area contributed by atoms with Gasteiger partial charge in [0.05, 0.1) is 32.5 Å². The Bertz CT molecular complexity index is 414. The van der Waals surface area contributed by atoms with Crippen LogP contribution in [0.1, 0.15) is 12.5 Å². The molecule has 2 unspecified atom stereocenters. The van der Waals surface area contributed by atoms with Gasteiger partial charge in [-0.15, -0.1) is 0 Å². The van der Waals surface area contributed by atoms with Crippen LogP contribution in [0.15, 0.2) is 18.2 Å². The molecule has 0 bridgehead atoms. The predicted molar refractivity (Wildman–Crippen MR) is 69.8 cm³/mol. The van der Waals surface area contributed by atoms with E-state index in [1.165, 1.54) is 7.11 Å². The quantitative estimate of drug-likeness (QED) is 0.883. The molecule has 0 spiro atoms. The van der Waals surface area contributed by atoms with Crippen molar-refractivity contribution in [3.63, 3.8) is 0 Å². The van der Waals surface area contributed by atoms with Gasteiger partial charge < -0.3 is 19.5 Å². The predicted octanol–water partition coefficient (Wildman–Crippen LogP) is 1.73. The van der Waals surface area contributed by atoms with E-state index in [4.69, 9.17) is 14.2 Å². The zero-order valence-corrected chi connectivity index (χ0v) is 11.3. The van der Waals surface area contributed by atoms with Crippen molar-refractivity contribution in [1.29, 1.82) is 0 Å². The second-order valence-electron chi connectivity index (χ2n) is 4.68. The Morgan fingerprint density at radius 2 is 2.26 bits per heavy atom. The first kappa shape index (κ1) is 14.2. The molecule has 4 nitrogen and oxygen atoms in total. The van der Waals surface area contributed by atoms with Gasteiger partial charge in [-0.1, -0.05) is 12.1 Å². The third-order valence-corrected chi connectivity index (χ3v) is 3.05. The maximum atomic E-state index is 13.9. The van der Waals surface area contributed by atoms with E-state index >= 15 is 0 Å². The van der Waals surface area contributed by atoms with Crippen LogP contribution in [0.25, 0.3) is 0 Å². The number of rotatable bonds is 5. The molecule has 0 radical (unpaired) electrons. The maximum absolute atomic E-state index is 13.9. The first-order chi connectivity index (χ1) is 9.20. The van der Waals surface area contributed by atoms with Crippen LogP contribution in [0.5, 0.6) is 5.75 Å². The number of nitrogens with one attached hydrogen (secondary N) is 1. The lowest BCUT2D eigenvalue weighted by Gasteiger charge is -2.28. The first-order valence-electron chi connectivity index (χ1n) is 6.46. The van der Waals surface area contributed by atoms with E-state index in [-0.39, 0.29) is 30.4 Å². The second-order valence-corrected chi connectivity index (χ2v) is 4.68. The van der Waals surface area contributed by atoms with E-state index in [9.17, 15) is 4.39 Å². The zero-order chi connectivity index (χ0) is 13.7. The van der Waals surface area contributed by atoms with Crippen LogP contribution in [0.2, 0.25) is 0 Å². The lowest BCUT2D eigenvalue weighted by molar-refractivity contribution is -0.0719. The van der Waals surface area contributed by atoms with Gasteiger partial charge in [-0.25, -0.2) is 4.39 Å². The molecular formula is C14H20FNO3. The summed E-state index contributed by atoms with van der Waals surface area (Å²) in [5.74, 6) is -0.119. The summed E-state index contributed by atoms with van der Waals surface area (Å²) >= 11 is 0. The fourth-order valence-electron chi connectivity index (χ4n) is 2.10. The normalized spacial score (nSPS) is 23.3. The van der Waals surface area contributed by atoms with Crippen molar-refractivity contribution in [1.82, 2.24) is 5.32 Å². The summed E-state index contributed by atoms with van der Waals surface area (Å²) in [4.78, 5) is 0. The highest BCUT2D eigenvalue weighted by molar-refractivity contribution is 5.30. The molecule has 2 rings (SSSR count). The SMILES string of the molecule is COc1cccc(COCC2CNCC(C)O2)c1F. The molecule has 1 aromatic carbocycles. The van der Waals surface area contributed by atoms with E-state index in [0.717, 1.165) is 13.1 Å². The highest BCUT2D eigenvalue weighted by Crippen LogP contribution is 2.20. The summed E-state index contributed by atoms with van der Waals surface area (Å²) in [5, 5.41) is 3.26. The van der Waals surface area contributed by atoms with Crippen LogP contribution in [0, 0.1) is 5.82 Å². The summed E-state index contributed by atoms with van der Waals surface area (Å²) in [6.45, 7) is 4.32. The van der Waals surface area contributed by atoms with E-state index < -0.39 is 0 Å². The fraction of sp³-hybridized carbons (Fsp3) is 0.571. The van der Waals surface area contributed by atoms with Crippen molar-refractivity contribution < 1.29 is 18.6 Å². The molecule has 0 amide bonds. The molecule has 1 aromatic rings. The summed E-state index contributed by atoms with van der Waals surface area (Å²) in [5.41, 5.74) is 0.496. The zero-order valence-electron chi connectivity index (χ0n) is 11.3. The van der Waals surface area contributed by atoms with Crippen LogP contribution in [0.3, 0.4) is 0 Å². The first-order valence-corrected chi connectivity index (χ1v) is 6.46. The van der Waals surface area contributed by atoms with Crippen LogP contribution < -0.4 is 10.1 Å². The summed E-state index contributed by atoms with van der Waals surface area (Å²) in [7, 11) is 1.45. The Balaban J connectivity index is 1.82. The number of hydrogen-bond acceptors (Lipinski definition) is 4.